The summed E-state index contributed by atoms with van der Waals surface area (Å²) in [7, 11) is 1.60. The Morgan fingerprint density at radius 1 is 1.00 bits per heavy atom. The van der Waals surface area contributed by atoms with Crippen LogP contribution in [-0.2, 0) is 9.47 Å². The number of Topliss-reactive ketones (excluding diaryl/α,β-unsaturated/α-hetero) is 1. The molecule has 1 heterocycles. The fourth-order valence-corrected chi connectivity index (χ4v) is 2.76. The van der Waals surface area contributed by atoms with Gasteiger partial charge in [0.25, 0.3) is 0 Å². The Labute approximate surface area is 136 Å². The lowest BCUT2D eigenvalue weighted by atomic mass is 9.97. The van der Waals surface area contributed by atoms with Gasteiger partial charge in [-0.3, -0.25) is 4.79 Å². The predicted octanol–water partition coefficient (Wildman–Crippen LogP) is 3.77. The Hall–Kier alpha value is -2.17. The fourth-order valence-electron chi connectivity index (χ4n) is 2.76. The average Bonchev–Trinajstić information content (AvgIpc) is 2.91. The summed E-state index contributed by atoms with van der Waals surface area (Å²) >= 11 is 0. The van der Waals surface area contributed by atoms with E-state index in [1.54, 1.807) is 31.4 Å². The Morgan fingerprint density at radius 2 is 1.65 bits per heavy atom. The van der Waals surface area contributed by atoms with Gasteiger partial charge in [0, 0.05) is 5.56 Å². The molecule has 0 N–H and O–H groups in total. The predicted molar refractivity (Wildman–Crippen MR) is 86.5 cm³/mol. The number of benzene rings is 2. The van der Waals surface area contributed by atoms with Gasteiger partial charge in [-0.25, -0.2) is 0 Å². The van der Waals surface area contributed by atoms with Gasteiger partial charge >= 0.3 is 0 Å². The molecule has 2 atom stereocenters. The molecule has 4 heteroatoms. The van der Waals surface area contributed by atoms with Gasteiger partial charge in [-0.1, -0.05) is 30.3 Å². The van der Waals surface area contributed by atoms with E-state index in [1.165, 1.54) is 0 Å². The first-order valence-corrected chi connectivity index (χ1v) is 7.59. The van der Waals surface area contributed by atoms with E-state index in [0.29, 0.717) is 11.3 Å². The average molecular weight is 312 g/mol. The zero-order valence-electron chi connectivity index (χ0n) is 13.5. The fraction of sp³-hybridized carbons (Fsp3) is 0.316. The highest BCUT2D eigenvalue weighted by atomic mass is 16.8. The molecular formula is C19H20O4. The highest BCUT2D eigenvalue weighted by Gasteiger charge is 2.45. The zero-order valence-corrected chi connectivity index (χ0v) is 13.5. The van der Waals surface area contributed by atoms with Crippen molar-refractivity contribution in [3.63, 3.8) is 0 Å². The number of methoxy groups -OCH3 is 1. The molecule has 0 bridgehead atoms. The van der Waals surface area contributed by atoms with Crippen molar-refractivity contribution in [2.24, 2.45) is 0 Å². The number of ketones is 1. The first kappa shape index (κ1) is 15.7. The number of carbonyl (C=O) groups is 1. The summed E-state index contributed by atoms with van der Waals surface area (Å²) in [6.07, 6.45) is -1.08. The van der Waals surface area contributed by atoms with Gasteiger partial charge in [0.05, 0.1) is 7.11 Å². The van der Waals surface area contributed by atoms with Crippen molar-refractivity contribution >= 4 is 5.78 Å². The minimum absolute atomic E-state index is 0.0907. The zero-order chi connectivity index (χ0) is 16.4. The molecule has 0 saturated carbocycles. The Balaban J connectivity index is 1.90. The van der Waals surface area contributed by atoms with Crippen LogP contribution in [0.1, 0.15) is 35.9 Å². The van der Waals surface area contributed by atoms with Crippen LogP contribution in [0.3, 0.4) is 0 Å². The van der Waals surface area contributed by atoms with Crippen LogP contribution in [0, 0.1) is 0 Å². The second-order valence-corrected chi connectivity index (χ2v) is 5.98. The quantitative estimate of drug-likeness (QED) is 0.806. The van der Waals surface area contributed by atoms with Crippen molar-refractivity contribution in [2.75, 3.05) is 7.11 Å². The molecule has 1 aliphatic rings. The molecule has 120 valence electrons. The monoisotopic (exact) mass is 312 g/mol. The summed E-state index contributed by atoms with van der Waals surface area (Å²) in [5.41, 5.74) is 1.52. The molecule has 0 aromatic heterocycles. The van der Waals surface area contributed by atoms with E-state index in [0.717, 1.165) is 5.56 Å². The van der Waals surface area contributed by atoms with Crippen LogP contribution in [-0.4, -0.2) is 24.8 Å². The molecule has 4 nitrogen and oxygen atoms in total. The van der Waals surface area contributed by atoms with Gasteiger partial charge in [0.15, 0.2) is 17.7 Å². The lowest BCUT2D eigenvalue weighted by molar-refractivity contribution is -0.143. The highest BCUT2D eigenvalue weighted by Crippen LogP contribution is 2.39. The third-order valence-electron chi connectivity index (χ3n) is 3.86. The minimum atomic E-state index is -0.798. The molecule has 2 aromatic carbocycles. The van der Waals surface area contributed by atoms with Gasteiger partial charge in [-0.2, -0.15) is 0 Å². The van der Waals surface area contributed by atoms with Crippen molar-refractivity contribution < 1.29 is 19.0 Å². The van der Waals surface area contributed by atoms with Crippen molar-refractivity contribution in [1.82, 2.24) is 0 Å². The van der Waals surface area contributed by atoms with Crippen LogP contribution in [0.5, 0.6) is 5.75 Å². The summed E-state index contributed by atoms with van der Waals surface area (Å²) in [5, 5.41) is 0. The maximum absolute atomic E-state index is 12.9. The van der Waals surface area contributed by atoms with Gasteiger partial charge in [-0.05, 0) is 43.7 Å². The number of hydrogen-bond donors (Lipinski definition) is 0. The second kappa shape index (κ2) is 6.14. The number of rotatable bonds is 4. The highest BCUT2D eigenvalue weighted by molar-refractivity contribution is 6.00. The lowest BCUT2D eigenvalue weighted by Gasteiger charge is -2.16. The van der Waals surface area contributed by atoms with E-state index in [1.807, 2.05) is 44.2 Å². The third-order valence-corrected chi connectivity index (χ3v) is 3.86. The maximum Gasteiger partial charge on any atom is 0.194 e. The second-order valence-electron chi connectivity index (χ2n) is 5.98. The van der Waals surface area contributed by atoms with Crippen molar-refractivity contribution in [3.8, 4) is 5.75 Å². The summed E-state index contributed by atoms with van der Waals surface area (Å²) < 4.78 is 17.0. The minimum Gasteiger partial charge on any atom is -0.497 e. The van der Waals surface area contributed by atoms with Crippen LogP contribution in [0.4, 0.5) is 0 Å². The van der Waals surface area contributed by atoms with Crippen molar-refractivity contribution in [1.29, 1.82) is 0 Å². The molecule has 0 spiro atoms. The van der Waals surface area contributed by atoms with Gasteiger partial charge in [0.2, 0.25) is 0 Å². The van der Waals surface area contributed by atoms with Gasteiger partial charge in [-0.15, -0.1) is 0 Å². The van der Waals surface area contributed by atoms with Crippen molar-refractivity contribution in [3.05, 3.63) is 65.7 Å². The first-order valence-electron chi connectivity index (χ1n) is 7.59. The molecule has 0 aliphatic carbocycles. The Kier molecular flexibility index (Phi) is 4.20. The SMILES string of the molecule is COc1ccc(C(=O)[C@@H]2OC(C)(C)O[C@@H]2c2ccccc2)cc1. The van der Waals surface area contributed by atoms with Gasteiger partial charge < -0.3 is 14.2 Å². The first-order chi connectivity index (χ1) is 11.0. The third kappa shape index (κ3) is 3.28. The van der Waals surface area contributed by atoms with E-state index in [-0.39, 0.29) is 5.78 Å². The summed E-state index contributed by atoms with van der Waals surface area (Å²) in [5.74, 6) is -0.176. The summed E-state index contributed by atoms with van der Waals surface area (Å²) in [4.78, 5) is 12.9. The molecule has 0 amide bonds. The number of carbonyl (C=O) groups excluding carboxylic acids is 1. The molecule has 1 saturated heterocycles. The standard InChI is InChI=1S/C19H20O4/c1-19(2)22-17(14-7-5-4-6-8-14)18(23-19)16(20)13-9-11-15(21-3)12-10-13/h4-12,17-18H,1-3H3/t17-,18+/m1/s1. The Bertz CT molecular complexity index is 676. The van der Waals surface area contributed by atoms with Crippen LogP contribution in [0.2, 0.25) is 0 Å². The summed E-state index contributed by atoms with van der Waals surface area (Å²) in [6, 6.07) is 16.7. The molecular weight excluding hydrogens is 292 g/mol. The van der Waals surface area contributed by atoms with Crippen LogP contribution < -0.4 is 4.74 Å². The molecule has 0 radical (unpaired) electrons. The van der Waals surface area contributed by atoms with Gasteiger partial charge in [0.1, 0.15) is 11.9 Å². The number of hydrogen-bond acceptors (Lipinski definition) is 4. The van der Waals surface area contributed by atoms with Crippen LogP contribution in [0.15, 0.2) is 54.6 Å². The van der Waals surface area contributed by atoms with E-state index in [9.17, 15) is 4.79 Å². The normalized spacial score (nSPS) is 22.7. The van der Waals surface area contributed by atoms with E-state index in [2.05, 4.69) is 0 Å². The maximum atomic E-state index is 12.9. The van der Waals surface area contributed by atoms with Crippen LogP contribution in [0.25, 0.3) is 0 Å². The van der Waals surface area contributed by atoms with E-state index < -0.39 is 18.0 Å². The lowest BCUT2D eigenvalue weighted by Crippen LogP contribution is -2.28. The molecule has 2 aromatic rings. The molecule has 23 heavy (non-hydrogen) atoms. The molecule has 1 aliphatic heterocycles. The van der Waals surface area contributed by atoms with Crippen LogP contribution >= 0.6 is 0 Å². The Morgan fingerprint density at radius 3 is 2.26 bits per heavy atom. The number of ether oxygens (including phenoxy) is 3. The van der Waals surface area contributed by atoms with E-state index in [4.69, 9.17) is 14.2 Å². The molecule has 0 unspecified atom stereocenters. The van der Waals surface area contributed by atoms with E-state index >= 15 is 0 Å². The topological polar surface area (TPSA) is 44.8 Å². The summed E-state index contributed by atoms with van der Waals surface area (Å²) in [6.45, 7) is 3.65. The van der Waals surface area contributed by atoms with Crippen molar-refractivity contribution in [2.45, 2.75) is 31.8 Å². The smallest absolute Gasteiger partial charge is 0.194 e. The molecule has 3 rings (SSSR count). The molecule has 1 fully saturated rings. The largest absolute Gasteiger partial charge is 0.497 e.